The molecule has 0 atom stereocenters. The third-order valence-corrected chi connectivity index (χ3v) is 7.76. The Balaban J connectivity index is 1.11. The third-order valence-electron chi connectivity index (χ3n) is 7.13. The second-order valence-electron chi connectivity index (χ2n) is 9.95. The summed E-state index contributed by atoms with van der Waals surface area (Å²) in [5.41, 5.74) is 7.97. The molecule has 0 aliphatic heterocycles. The van der Waals surface area contributed by atoms with Gasteiger partial charge in [-0.3, -0.25) is 0 Å². The van der Waals surface area contributed by atoms with Gasteiger partial charge >= 0.3 is 0 Å². The van der Waals surface area contributed by atoms with Gasteiger partial charge in [0.15, 0.2) is 5.69 Å². The maximum absolute atomic E-state index is 8.98. The van der Waals surface area contributed by atoms with E-state index in [4.69, 9.17) is 35.0 Å². The smallest absolute Gasteiger partial charge is 0.187 e. The number of benzene rings is 4. The van der Waals surface area contributed by atoms with Crippen LogP contribution in [0.3, 0.4) is 0 Å². The number of hydrogen-bond acceptors (Lipinski definition) is 1. The van der Waals surface area contributed by atoms with Crippen molar-refractivity contribution in [3.05, 3.63) is 123 Å². The summed E-state index contributed by atoms with van der Waals surface area (Å²) in [5, 5.41) is 10.5. The zero-order chi connectivity index (χ0) is 27.5. The molecule has 0 spiro atoms. The Labute approximate surface area is 242 Å². The van der Waals surface area contributed by atoms with Crippen LogP contribution in [0.1, 0.15) is 61.6 Å². The Morgan fingerprint density at radius 1 is 0.590 bits per heavy atom. The van der Waals surface area contributed by atoms with Crippen LogP contribution in [0.5, 0.6) is 0 Å². The maximum Gasteiger partial charge on any atom is 0.187 e. The van der Waals surface area contributed by atoms with Crippen molar-refractivity contribution in [2.24, 2.45) is 0 Å². The highest BCUT2D eigenvalue weighted by atomic mass is 35.5. The van der Waals surface area contributed by atoms with Crippen LogP contribution >= 0.6 is 23.2 Å². The first kappa shape index (κ1) is 28.4. The predicted molar refractivity (Wildman–Crippen MR) is 164 cm³/mol. The third kappa shape index (κ3) is 8.21. The van der Waals surface area contributed by atoms with Crippen LogP contribution in [-0.2, 0) is 12.8 Å². The van der Waals surface area contributed by atoms with Crippen LogP contribution in [0.15, 0.2) is 84.9 Å². The minimum Gasteiger partial charge on any atom is -0.238 e. The number of hydrogen-bond donors (Lipinski definition) is 0. The Morgan fingerprint density at radius 2 is 1.03 bits per heavy atom. The van der Waals surface area contributed by atoms with Crippen molar-refractivity contribution < 1.29 is 0 Å². The van der Waals surface area contributed by atoms with Crippen molar-refractivity contribution in [3.8, 4) is 28.3 Å². The molecule has 196 valence electrons. The van der Waals surface area contributed by atoms with Crippen molar-refractivity contribution in [3.63, 3.8) is 0 Å². The molecule has 4 aromatic rings. The van der Waals surface area contributed by atoms with E-state index in [-0.39, 0.29) is 0 Å². The van der Waals surface area contributed by atoms with Gasteiger partial charge in [0.05, 0.1) is 18.2 Å². The highest BCUT2D eigenvalue weighted by Gasteiger charge is 2.07. The van der Waals surface area contributed by atoms with E-state index in [1.807, 2.05) is 48.5 Å². The molecule has 0 unspecified atom stereocenters. The van der Waals surface area contributed by atoms with Gasteiger partial charge in [-0.15, -0.1) is 0 Å². The molecular weight excluding hydrogens is 519 g/mol. The molecule has 0 aliphatic rings. The standard InChI is InChI=1S/C35H32Cl2N2/c1-39-31-19-17-30(18-20-31)33-22-14-27(24-35(33)37)10-8-6-4-2-3-5-7-9-26-13-21-32(34(36)23-26)29-15-11-28(25-38)12-16-29/h11-24H,2-10H2. The van der Waals surface area contributed by atoms with Crippen molar-refractivity contribution in [2.75, 3.05) is 0 Å². The molecule has 0 aromatic heterocycles. The Hall–Kier alpha value is -3.56. The molecule has 0 saturated carbocycles. The fourth-order valence-electron chi connectivity index (χ4n) is 4.88. The molecule has 0 bridgehead atoms. The normalized spacial score (nSPS) is 10.7. The Bertz CT molecular complexity index is 1350. The number of nitrogens with zero attached hydrogens (tertiary/aromatic N) is 2. The molecule has 0 aliphatic carbocycles. The summed E-state index contributed by atoms with van der Waals surface area (Å²) in [6.45, 7) is 7.09. The summed E-state index contributed by atoms with van der Waals surface area (Å²) in [7, 11) is 0. The molecule has 0 amide bonds. The van der Waals surface area contributed by atoms with Gasteiger partial charge in [0, 0.05) is 21.2 Å². The number of aryl methyl sites for hydroxylation is 2. The second-order valence-corrected chi connectivity index (χ2v) is 10.8. The van der Waals surface area contributed by atoms with Gasteiger partial charge in [0.1, 0.15) is 0 Å². The molecule has 0 N–H and O–H groups in total. The fraction of sp³-hybridized carbons (Fsp3) is 0.257. The first-order valence-corrected chi connectivity index (χ1v) is 14.4. The minimum absolute atomic E-state index is 0.642. The van der Waals surface area contributed by atoms with Gasteiger partial charge in [-0.1, -0.05) is 116 Å². The largest absolute Gasteiger partial charge is 0.238 e. The monoisotopic (exact) mass is 550 g/mol. The van der Waals surface area contributed by atoms with Crippen molar-refractivity contribution in [2.45, 2.75) is 57.8 Å². The van der Waals surface area contributed by atoms with Crippen molar-refractivity contribution in [1.29, 1.82) is 5.26 Å². The van der Waals surface area contributed by atoms with Crippen molar-refractivity contribution >= 4 is 28.9 Å². The summed E-state index contributed by atoms with van der Waals surface area (Å²) >= 11 is 13.1. The molecular formula is C35H32Cl2N2. The van der Waals surface area contributed by atoms with Gasteiger partial charge in [0.25, 0.3) is 0 Å². The highest BCUT2D eigenvalue weighted by molar-refractivity contribution is 6.33. The van der Waals surface area contributed by atoms with Crippen LogP contribution in [0.2, 0.25) is 10.0 Å². The molecule has 2 nitrogen and oxygen atoms in total. The van der Waals surface area contributed by atoms with Crippen LogP contribution < -0.4 is 0 Å². The molecule has 0 saturated heterocycles. The first-order chi connectivity index (χ1) is 19.1. The number of unbranched alkanes of at least 4 members (excludes halogenated alkanes) is 6. The van der Waals surface area contributed by atoms with E-state index in [0.717, 1.165) is 45.1 Å². The van der Waals surface area contributed by atoms with Crippen LogP contribution in [0, 0.1) is 17.9 Å². The van der Waals surface area contributed by atoms with E-state index in [1.54, 1.807) is 0 Å². The van der Waals surface area contributed by atoms with Gasteiger partial charge in [-0.25, -0.2) is 4.85 Å². The molecule has 4 heteroatoms. The molecule has 4 rings (SSSR count). The minimum atomic E-state index is 0.642. The average Bonchev–Trinajstić information content (AvgIpc) is 2.96. The zero-order valence-corrected chi connectivity index (χ0v) is 23.6. The summed E-state index contributed by atoms with van der Waals surface area (Å²) in [6, 6.07) is 30.0. The van der Waals surface area contributed by atoms with E-state index in [2.05, 4.69) is 47.3 Å². The molecule has 0 radical (unpaired) electrons. The van der Waals surface area contributed by atoms with Gasteiger partial charge in [-0.2, -0.15) is 5.26 Å². The lowest BCUT2D eigenvalue weighted by Crippen LogP contribution is -1.90. The predicted octanol–water partition coefficient (Wildman–Crippen LogP) is 11.3. The van der Waals surface area contributed by atoms with Crippen LogP contribution in [0.25, 0.3) is 27.1 Å². The summed E-state index contributed by atoms with van der Waals surface area (Å²) in [4.78, 5) is 3.45. The lowest BCUT2D eigenvalue weighted by molar-refractivity contribution is 0.579. The number of rotatable bonds is 12. The zero-order valence-electron chi connectivity index (χ0n) is 22.1. The van der Waals surface area contributed by atoms with Crippen molar-refractivity contribution in [1.82, 2.24) is 0 Å². The number of halogens is 2. The lowest BCUT2D eigenvalue weighted by atomic mass is 9.99. The van der Waals surface area contributed by atoms with Gasteiger partial charge in [0.2, 0.25) is 0 Å². The topological polar surface area (TPSA) is 28.1 Å². The average molecular weight is 552 g/mol. The quantitative estimate of drug-likeness (QED) is 0.127. The summed E-state index contributed by atoms with van der Waals surface area (Å²) < 4.78 is 0. The highest BCUT2D eigenvalue weighted by Crippen LogP contribution is 2.31. The van der Waals surface area contributed by atoms with E-state index < -0.39 is 0 Å². The van der Waals surface area contributed by atoms with E-state index >= 15 is 0 Å². The van der Waals surface area contributed by atoms with E-state index in [0.29, 0.717) is 11.3 Å². The van der Waals surface area contributed by atoms with E-state index in [9.17, 15) is 0 Å². The number of nitriles is 1. The maximum atomic E-state index is 8.98. The Morgan fingerprint density at radius 3 is 1.44 bits per heavy atom. The molecule has 4 aromatic carbocycles. The van der Waals surface area contributed by atoms with Gasteiger partial charge < -0.3 is 0 Å². The molecule has 39 heavy (non-hydrogen) atoms. The summed E-state index contributed by atoms with van der Waals surface area (Å²) in [6.07, 6.45) is 10.8. The van der Waals surface area contributed by atoms with Gasteiger partial charge in [-0.05, 0) is 72.2 Å². The molecule has 0 fully saturated rings. The Kier molecular flexibility index (Phi) is 10.6. The SMILES string of the molecule is [C-]#[N+]c1ccc(-c2ccc(CCCCCCCCCc3ccc(-c4ccc(C#N)cc4)c(Cl)c3)cc2Cl)cc1. The molecule has 0 heterocycles. The van der Waals surface area contributed by atoms with Crippen LogP contribution in [0.4, 0.5) is 5.69 Å². The van der Waals surface area contributed by atoms with Crippen LogP contribution in [-0.4, -0.2) is 0 Å². The lowest BCUT2D eigenvalue weighted by Gasteiger charge is -2.09. The summed E-state index contributed by atoms with van der Waals surface area (Å²) in [5.74, 6) is 0. The second kappa shape index (κ2) is 14.6. The first-order valence-electron chi connectivity index (χ1n) is 13.6. The van der Waals surface area contributed by atoms with E-state index in [1.165, 1.54) is 56.1 Å². The fourth-order valence-corrected chi connectivity index (χ4v) is 5.50.